The van der Waals surface area contributed by atoms with Crippen LogP contribution in [-0.2, 0) is 4.79 Å². The van der Waals surface area contributed by atoms with Gasteiger partial charge in [-0.3, -0.25) is 4.79 Å². The number of carbonyl (C=O) groups excluding carboxylic acids is 1. The fourth-order valence-corrected chi connectivity index (χ4v) is 1.47. The van der Waals surface area contributed by atoms with Crippen molar-refractivity contribution in [2.75, 3.05) is 5.32 Å². The lowest BCUT2D eigenvalue weighted by Crippen LogP contribution is -2.19. The third-order valence-corrected chi connectivity index (χ3v) is 2.36. The number of nitrogens with two attached hydrogens (primary N) is 2. The summed E-state index contributed by atoms with van der Waals surface area (Å²) in [6, 6.07) is 5.46. The molecule has 5 nitrogen and oxygen atoms in total. The zero-order chi connectivity index (χ0) is 12.4. The van der Waals surface area contributed by atoms with Crippen molar-refractivity contribution >= 4 is 17.7 Å². The minimum atomic E-state index is -0.484. The smallest absolute Gasteiger partial charge is 0.241 e. The summed E-state index contributed by atoms with van der Waals surface area (Å²) in [6.07, 6.45) is 2.93. The Balaban J connectivity index is 2.29. The van der Waals surface area contributed by atoms with E-state index in [-0.39, 0.29) is 0 Å². The van der Waals surface area contributed by atoms with E-state index in [1.165, 1.54) is 6.08 Å². The number of primary amides is 1. The average molecular weight is 231 g/mol. The molecule has 0 atom stereocenters. The van der Waals surface area contributed by atoms with Crippen LogP contribution in [0.2, 0.25) is 0 Å². The Kier molecular flexibility index (Phi) is 2.74. The summed E-state index contributed by atoms with van der Waals surface area (Å²) in [5, 5.41) is 3.02. The van der Waals surface area contributed by atoms with Crippen molar-refractivity contribution in [3.63, 3.8) is 0 Å². The first-order valence-electron chi connectivity index (χ1n) is 5.09. The minimum absolute atomic E-state index is 0.480. The Morgan fingerprint density at radius 2 is 2.24 bits per heavy atom. The highest BCUT2D eigenvalue weighted by molar-refractivity contribution is 5.90. The summed E-state index contributed by atoms with van der Waals surface area (Å²) in [6.45, 7) is 1.78. The molecule has 17 heavy (non-hydrogen) atoms. The van der Waals surface area contributed by atoms with E-state index in [9.17, 15) is 4.79 Å². The fraction of sp³-hybridized carbons (Fsp3) is 0.0833. The highest BCUT2D eigenvalue weighted by Crippen LogP contribution is 2.32. The second kappa shape index (κ2) is 4.21. The number of rotatable bonds is 2. The van der Waals surface area contributed by atoms with Gasteiger partial charge in [0.15, 0.2) is 5.75 Å². The Labute approximate surface area is 98.7 Å². The van der Waals surface area contributed by atoms with Gasteiger partial charge >= 0.3 is 0 Å². The molecule has 1 amide bonds. The van der Waals surface area contributed by atoms with Crippen LogP contribution in [0.1, 0.15) is 12.5 Å². The summed E-state index contributed by atoms with van der Waals surface area (Å²) >= 11 is 0. The standard InChI is InChI=1S/C12H13N3O2/c1-7-12(14)15-9-6-8(3-5-11(13)16)2-4-10(9)17-7/h2-6,15H,14H2,1H3,(H2,13,16)/b5-3+. The molecule has 0 aromatic heterocycles. The maximum absolute atomic E-state index is 10.6. The number of nitrogens with one attached hydrogen (secondary N) is 1. The zero-order valence-corrected chi connectivity index (χ0v) is 9.36. The maximum Gasteiger partial charge on any atom is 0.241 e. The van der Waals surface area contributed by atoms with E-state index in [0.29, 0.717) is 17.3 Å². The molecule has 1 aromatic carbocycles. The van der Waals surface area contributed by atoms with Crippen molar-refractivity contribution in [1.82, 2.24) is 0 Å². The first-order chi connectivity index (χ1) is 8.06. The van der Waals surface area contributed by atoms with Crippen molar-refractivity contribution in [1.29, 1.82) is 0 Å². The molecule has 0 fully saturated rings. The lowest BCUT2D eigenvalue weighted by Gasteiger charge is -2.20. The van der Waals surface area contributed by atoms with Gasteiger partial charge in [-0.1, -0.05) is 6.07 Å². The van der Waals surface area contributed by atoms with E-state index in [2.05, 4.69) is 5.32 Å². The number of anilines is 1. The van der Waals surface area contributed by atoms with Crippen molar-refractivity contribution in [3.8, 4) is 5.75 Å². The highest BCUT2D eigenvalue weighted by atomic mass is 16.5. The number of ether oxygens (including phenoxy) is 1. The van der Waals surface area contributed by atoms with Crippen LogP contribution in [0, 0.1) is 0 Å². The minimum Gasteiger partial charge on any atom is -0.456 e. The quantitative estimate of drug-likeness (QED) is 0.665. The molecule has 2 rings (SSSR count). The van der Waals surface area contributed by atoms with Gasteiger partial charge < -0.3 is 21.5 Å². The summed E-state index contributed by atoms with van der Waals surface area (Å²) in [7, 11) is 0. The van der Waals surface area contributed by atoms with E-state index in [1.54, 1.807) is 19.1 Å². The first-order valence-corrected chi connectivity index (χ1v) is 5.09. The monoisotopic (exact) mass is 231 g/mol. The van der Waals surface area contributed by atoms with E-state index >= 15 is 0 Å². The second-order valence-corrected chi connectivity index (χ2v) is 3.69. The van der Waals surface area contributed by atoms with E-state index in [4.69, 9.17) is 16.2 Å². The predicted octanol–water partition coefficient (Wildman–Crippen LogP) is 1.14. The third kappa shape index (κ3) is 2.39. The van der Waals surface area contributed by atoms with Gasteiger partial charge in [-0.15, -0.1) is 0 Å². The number of carbonyl (C=O) groups is 1. The van der Waals surface area contributed by atoms with Gasteiger partial charge in [-0.05, 0) is 30.7 Å². The van der Waals surface area contributed by atoms with Crippen LogP contribution in [0.4, 0.5) is 5.69 Å². The Morgan fingerprint density at radius 1 is 1.47 bits per heavy atom. The van der Waals surface area contributed by atoms with Crippen LogP contribution < -0.4 is 21.5 Å². The lowest BCUT2D eigenvalue weighted by atomic mass is 10.1. The van der Waals surface area contributed by atoms with Crippen LogP contribution in [-0.4, -0.2) is 5.91 Å². The van der Waals surface area contributed by atoms with E-state index in [1.807, 2.05) is 12.1 Å². The maximum atomic E-state index is 10.6. The number of amides is 1. The molecule has 0 bridgehead atoms. The molecule has 0 saturated heterocycles. The summed E-state index contributed by atoms with van der Waals surface area (Å²) in [5.41, 5.74) is 12.3. The molecule has 88 valence electrons. The zero-order valence-electron chi connectivity index (χ0n) is 9.36. The molecular weight excluding hydrogens is 218 g/mol. The molecule has 1 aliphatic heterocycles. The molecule has 1 aliphatic rings. The van der Waals surface area contributed by atoms with Gasteiger partial charge in [0.05, 0.1) is 5.69 Å². The number of benzene rings is 1. The van der Waals surface area contributed by atoms with Crippen LogP contribution in [0.15, 0.2) is 35.9 Å². The molecule has 5 heteroatoms. The van der Waals surface area contributed by atoms with Crippen LogP contribution in [0.3, 0.4) is 0 Å². The van der Waals surface area contributed by atoms with Crippen molar-refractivity contribution < 1.29 is 9.53 Å². The molecule has 1 aromatic rings. The normalized spacial score (nSPS) is 14.2. The largest absolute Gasteiger partial charge is 0.456 e. The summed E-state index contributed by atoms with van der Waals surface area (Å²) < 4.78 is 5.50. The third-order valence-electron chi connectivity index (χ3n) is 2.36. The lowest BCUT2D eigenvalue weighted by molar-refractivity contribution is -0.113. The van der Waals surface area contributed by atoms with Gasteiger partial charge in [0.1, 0.15) is 11.6 Å². The highest BCUT2D eigenvalue weighted by Gasteiger charge is 2.13. The van der Waals surface area contributed by atoms with Gasteiger partial charge in [-0.2, -0.15) is 0 Å². The topological polar surface area (TPSA) is 90.4 Å². The average Bonchev–Trinajstić information content (AvgIpc) is 2.28. The van der Waals surface area contributed by atoms with Gasteiger partial charge in [-0.25, -0.2) is 0 Å². The Morgan fingerprint density at radius 3 is 2.94 bits per heavy atom. The molecule has 1 heterocycles. The Hall–Kier alpha value is -2.43. The number of fused-ring (bicyclic) bond motifs is 1. The fourth-order valence-electron chi connectivity index (χ4n) is 1.47. The number of hydrogen-bond donors (Lipinski definition) is 3. The predicted molar refractivity (Wildman–Crippen MR) is 65.8 cm³/mol. The molecular formula is C12H13N3O2. The summed E-state index contributed by atoms with van der Waals surface area (Å²) in [5.74, 6) is 1.33. The Bertz CT molecular complexity index is 533. The second-order valence-electron chi connectivity index (χ2n) is 3.69. The molecule has 5 N–H and O–H groups in total. The van der Waals surface area contributed by atoms with Crippen molar-refractivity contribution in [2.24, 2.45) is 11.5 Å². The van der Waals surface area contributed by atoms with Crippen molar-refractivity contribution in [2.45, 2.75) is 6.92 Å². The SMILES string of the molecule is CC1=C(N)Nc2cc(/C=C/C(N)=O)ccc2O1. The number of hydrogen-bond acceptors (Lipinski definition) is 4. The van der Waals surface area contributed by atoms with Crippen LogP contribution in [0.5, 0.6) is 5.75 Å². The van der Waals surface area contributed by atoms with Gasteiger partial charge in [0.2, 0.25) is 5.91 Å². The van der Waals surface area contributed by atoms with Crippen molar-refractivity contribution in [3.05, 3.63) is 41.4 Å². The van der Waals surface area contributed by atoms with Crippen LogP contribution in [0.25, 0.3) is 6.08 Å². The molecule has 0 aliphatic carbocycles. The van der Waals surface area contributed by atoms with Crippen LogP contribution >= 0.6 is 0 Å². The molecule has 0 spiro atoms. The molecule has 0 unspecified atom stereocenters. The van der Waals surface area contributed by atoms with Gasteiger partial charge in [0.25, 0.3) is 0 Å². The van der Waals surface area contributed by atoms with E-state index in [0.717, 1.165) is 11.3 Å². The van der Waals surface area contributed by atoms with Gasteiger partial charge in [0, 0.05) is 6.08 Å². The molecule has 0 saturated carbocycles. The molecule has 0 radical (unpaired) electrons. The van der Waals surface area contributed by atoms with E-state index < -0.39 is 5.91 Å². The number of allylic oxidation sites excluding steroid dienone is 1. The first kappa shape index (κ1) is 11.1. The summed E-state index contributed by atoms with van der Waals surface area (Å²) in [4.78, 5) is 10.6.